The lowest BCUT2D eigenvalue weighted by atomic mass is 10.1. The molecule has 0 radical (unpaired) electrons. The zero-order valence-electron chi connectivity index (χ0n) is 15.7. The minimum Gasteiger partial charge on any atom is -0.481 e. The molecule has 8 heteroatoms. The van der Waals surface area contributed by atoms with Crippen LogP contribution >= 0.6 is 0 Å². The summed E-state index contributed by atoms with van der Waals surface area (Å²) in [5, 5.41) is 25.6. The number of benzene rings is 1. The third kappa shape index (κ3) is 14.4. The van der Waals surface area contributed by atoms with Crippen molar-refractivity contribution in [3.05, 3.63) is 35.9 Å². The van der Waals surface area contributed by atoms with Crippen LogP contribution in [0.15, 0.2) is 30.3 Å². The van der Waals surface area contributed by atoms with E-state index in [-0.39, 0.29) is 19.5 Å². The van der Waals surface area contributed by atoms with Crippen molar-refractivity contribution < 1.29 is 29.7 Å². The summed E-state index contributed by atoms with van der Waals surface area (Å²) >= 11 is 0. The Morgan fingerprint density at radius 3 is 2.15 bits per heavy atom. The lowest BCUT2D eigenvalue weighted by Crippen LogP contribution is -2.33. The number of carboxylic acid groups (broad SMARTS) is 3. The van der Waals surface area contributed by atoms with Gasteiger partial charge in [-0.2, -0.15) is 0 Å². The molecule has 0 heterocycles. The predicted molar refractivity (Wildman–Crippen MR) is 102 cm³/mol. The number of unbranched alkanes of at least 4 members (excludes halogenated alkanes) is 1. The van der Waals surface area contributed by atoms with Gasteiger partial charge in [-0.1, -0.05) is 50.1 Å². The van der Waals surface area contributed by atoms with E-state index in [9.17, 15) is 14.4 Å². The van der Waals surface area contributed by atoms with E-state index >= 15 is 0 Å². The molecule has 0 aliphatic carbocycles. The van der Waals surface area contributed by atoms with Crippen LogP contribution in [0.25, 0.3) is 0 Å². The van der Waals surface area contributed by atoms with Crippen LogP contribution in [0.4, 0.5) is 0 Å². The quantitative estimate of drug-likeness (QED) is 0.428. The van der Waals surface area contributed by atoms with Crippen LogP contribution in [-0.4, -0.2) is 63.8 Å². The molecule has 0 fully saturated rings. The fourth-order valence-electron chi connectivity index (χ4n) is 2.19. The highest BCUT2D eigenvalue weighted by molar-refractivity contribution is 5.72. The van der Waals surface area contributed by atoms with Gasteiger partial charge in [-0.05, 0) is 18.4 Å². The Labute approximate surface area is 159 Å². The molecular formula is C19H30N2O6. The molecule has 0 amide bonds. The summed E-state index contributed by atoms with van der Waals surface area (Å²) in [7, 11) is 0. The molecule has 0 aromatic heterocycles. The molecule has 1 atom stereocenters. The number of carbonyl (C=O) groups is 3. The van der Waals surface area contributed by atoms with Crippen molar-refractivity contribution in [1.29, 1.82) is 0 Å². The summed E-state index contributed by atoms with van der Waals surface area (Å²) in [6.45, 7) is 2.69. The summed E-state index contributed by atoms with van der Waals surface area (Å²) in [6.07, 6.45) is 3.16. The molecule has 0 aliphatic rings. The van der Waals surface area contributed by atoms with Gasteiger partial charge in [0, 0.05) is 13.1 Å². The van der Waals surface area contributed by atoms with Crippen molar-refractivity contribution in [3.63, 3.8) is 0 Å². The molecule has 0 saturated heterocycles. The van der Waals surface area contributed by atoms with Gasteiger partial charge in [-0.25, -0.2) is 0 Å². The first-order valence-electron chi connectivity index (χ1n) is 8.94. The third-order valence-corrected chi connectivity index (χ3v) is 3.75. The highest BCUT2D eigenvalue weighted by atomic mass is 16.4. The molecule has 1 aromatic carbocycles. The molecule has 1 aromatic rings. The van der Waals surface area contributed by atoms with E-state index in [1.54, 1.807) is 4.90 Å². The van der Waals surface area contributed by atoms with Gasteiger partial charge in [0.05, 0.1) is 13.0 Å². The van der Waals surface area contributed by atoms with Gasteiger partial charge in [0.1, 0.15) is 6.04 Å². The lowest BCUT2D eigenvalue weighted by Gasteiger charge is -2.19. The number of hydrogen-bond acceptors (Lipinski definition) is 5. The lowest BCUT2D eigenvalue weighted by molar-refractivity contribution is -0.141. The van der Waals surface area contributed by atoms with Gasteiger partial charge in [0.15, 0.2) is 0 Å². The van der Waals surface area contributed by atoms with E-state index in [0.717, 1.165) is 18.4 Å². The van der Waals surface area contributed by atoms with Gasteiger partial charge in [0.25, 0.3) is 0 Å². The maximum atomic E-state index is 10.7. The van der Waals surface area contributed by atoms with Crippen molar-refractivity contribution in [2.45, 2.75) is 45.1 Å². The molecule has 0 aliphatic heterocycles. The van der Waals surface area contributed by atoms with Crippen molar-refractivity contribution in [1.82, 2.24) is 4.90 Å². The van der Waals surface area contributed by atoms with Crippen molar-refractivity contribution in [2.75, 3.05) is 19.6 Å². The van der Waals surface area contributed by atoms with Crippen molar-refractivity contribution in [2.24, 2.45) is 5.73 Å². The van der Waals surface area contributed by atoms with Gasteiger partial charge in [-0.15, -0.1) is 0 Å². The summed E-state index contributed by atoms with van der Waals surface area (Å²) < 4.78 is 0. The SMILES string of the molecule is CCCC[C@@H](N)C(=O)O.O=C(O)CCN(CCc1ccccc1)CC(=O)O. The second-order valence-corrected chi connectivity index (χ2v) is 6.14. The van der Waals surface area contributed by atoms with Crippen LogP contribution in [0.1, 0.15) is 38.2 Å². The van der Waals surface area contributed by atoms with E-state index in [2.05, 4.69) is 0 Å². The molecule has 0 spiro atoms. The molecule has 0 saturated carbocycles. The molecule has 5 N–H and O–H groups in total. The van der Waals surface area contributed by atoms with Gasteiger partial charge in [-0.3, -0.25) is 19.3 Å². The van der Waals surface area contributed by atoms with Crippen LogP contribution in [0.2, 0.25) is 0 Å². The van der Waals surface area contributed by atoms with Crippen LogP contribution in [-0.2, 0) is 20.8 Å². The Morgan fingerprint density at radius 1 is 1.04 bits per heavy atom. The number of aliphatic carboxylic acids is 3. The molecular weight excluding hydrogens is 352 g/mol. The van der Waals surface area contributed by atoms with Crippen LogP contribution in [0.3, 0.4) is 0 Å². The molecule has 8 nitrogen and oxygen atoms in total. The second-order valence-electron chi connectivity index (χ2n) is 6.14. The molecule has 0 unspecified atom stereocenters. The first-order valence-corrected chi connectivity index (χ1v) is 8.94. The summed E-state index contributed by atoms with van der Waals surface area (Å²) in [5.74, 6) is -2.75. The minimum atomic E-state index is -0.937. The largest absolute Gasteiger partial charge is 0.481 e. The maximum absolute atomic E-state index is 10.7. The Balaban J connectivity index is 0.000000636. The third-order valence-electron chi connectivity index (χ3n) is 3.75. The maximum Gasteiger partial charge on any atom is 0.320 e. The number of carboxylic acids is 3. The second kappa shape index (κ2) is 14.7. The van der Waals surface area contributed by atoms with Crippen LogP contribution in [0, 0.1) is 0 Å². The van der Waals surface area contributed by atoms with E-state index in [4.69, 9.17) is 21.1 Å². The Kier molecular flexibility index (Phi) is 13.4. The normalized spacial score (nSPS) is 11.4. The Morgan fingerprint density at radius 2 is 1.67 bits per heavy atom. The average molecular weight is 382 g/mol. The zero-order chi connectivity index (χ0) is 20.7. The Hall–Kier alpha value is -2.45. The topological polar surface area (TPSA) is 141 Å². The first kappa shape index (κ1) is 24.6. The van der Waals surface area contributed by atoms with Gasteiger partial charge >= 0.3 is 17.9 Å². The summed E-state index contributed by atoms with van der Waals surface area (Å²) in [4.78, 5) is 32.9. The van der Waals surface area contributed by atoms with E-state index < -0.39 is 23.9 Å². The fraction of sp³-hybridized carbons (Fsp3) is 0.526. The first-order chi connectivity index (χ1) is 12.8. The molecule has 1 rings (SSSR count). The molecule has 27 heavy (non-hydrogen) atoms. The number of rotatable bonds is 12. The highest BCUT2D eigenvalue weighted by Crippen LogP contribution is 2.02. The molecule has 0 bridgehead atoms. The fourth-order valence-corrected chi connectivity index (χ4v) is 2.19. The number of nitrogens with two attached hydrogens (primary N) is 1. The molecule has 152 valence electrons. The number of nitrogens with zero attached hydrogens (tertiary/aromatic N) is 1. The van der Waals surface area contributed by atoms with E-state index in [1.165, 1.54) is 0 Å². The van der Waals surface area contributed by atoms with E-state index in [1.807, 2.05) is 37.3 Å². The van der Waals surface area contributed by atoms with Crippen LogP contribution in [0.5, 0.6) is 0 Å². The predicted octanol–water partition coefficient (Wildman–Crippen LogP) is 1.68. The monoisotopic (exact) mass is 382 g/mol. The van der Waals surface area contributed by atoms with E-state index in [0.29, 0.717) is 19.4 Å². The average Bonchev–Trinajstić information content (AvgIpc) is 2.62. The van der Waals surface area contributed by atoms with Crippen LogP contribution < -0.4 is 5.73 Å². The zero-order valence-corrected chi connectivity index (χ0v) is 15.7. The van der Waals surface area contributed by atoms with Gasteiger partial charge < -0.3 is 21.1 Å². The number of hydrogen-bond donors (Lipinski definition) is 4. The minimum absolute atomic E-state index is 0.0396. The standard InChI is InChI=1S/C13H17NO4.C6H13NO2/c15-12(16)7-9-14(10-13(17)18)8-6-11-4-2-1-3-5-11;1-2-3-4-5(7)6(8)9/h1-5H,6-10H2,(H,15,16)(H,17,18);5H,2-4,7H2,1H3,(H,8,9)/t;5-/m.1/s1. The summed E-state index contributed by atoms with van der Waals surface area (Å²) in [6, 6.07) is 9.04. The smallest absolute Gasteiger partial charge is 0.320 e. The summed E-state index contributed by atoms with van der Waals surface area (Å²) in [5.41, 5.74) is 6.32. The highest BCUT2D eigenvalue weighted by Gasteiger charge is 2.11. The van der Waals surface area contributed by atoms with Crippen molar-refractivity contribution >= 4 is 17.9 Å². The van der Waals surface area contributed by atoms with Crippen molar-refractivity contribution in [3.8, 4) is 0 Å². The van der Waals surface area contributed by atoms with Gasteiger partial charge in [0.2, 0.25) is 0 Å². The Bertz CT molecular complexity index is 565.